The third-order valence-corrected chi connectivity index (χ3v) is 6.33. The maximum absolute atomic E-state index is 5.35. The van der Waals surface area contributed by atoms with E-state index in [1.54, 1.807) is 7.11 Å². The zero-order chi connectivity index (χ0) is 22.1. The van der Waals surface area contributed by atoms with Crippen molar-refractivity contribution in [1.29, 1.82) is 0 Å². The van der Waals surface area contributed by atoms with Gasteiger partial charge in [0.2, 0.25) is 0 Å². The summed E-state index contributed by atoms with van der Waals surface area (Å²) in [4.78, 5) is 5.16. The Morgan fingerprint density at radius 3 is 2.39 bits per heavy atom. The van der Waals surface area contributed by atoms with Crippen LogP contribution in [0.25, 0.3) is 32.9 Å². The summed E-state index contributed by atoms with van der Waals surface area (Å²) >= 11 is 0. The van der Waals surface area contributed by atoms with Crippen LogP contribution < -0.4 is 0 Å². The van der Waals surface area contributed by atoms with Gasteiger partial charge in [-0.15, -0.1) is 0 Å². The molecule has 162 valence electrons. The van der Waals surface area contributed by atoms with Crippen molar-refractivity contribution in [2.45, 2.75) is 60.4 Å². The number of fused-ring (bicyclic) bond motifs is 3. The average Bonchev–Trinajstić information content (AvgIpc) is 3.08. The van der Waals surface area contributed by atoms with E-state index in [4.69, 9.17) is 9.72 Å². The van der Waals surface area contributed by atoms with Crippen LogP contribution >= 0.6 is 0 Å². The minimum atomic E-state index is 0.778. The van der Waals surface area contributed by atoms with Gasteiger partial charge in [-0.3, -0.25) is 4.98 Å². The summed E-state index contributed by atoms with van der Waals surface area (Å²) in [5.41, 5.74) is 11.4. The molecule has 0 fully saturated rings. The number of hydrogen-bond donors (Lipinski definition) is 0. The van der Waals surface area contributed by atoms with Gasteiger partial charge in [0.25, 0.3) is 0 Å². The van der Waals surface area contributed by atoms with Crippen LogP contribution in [0.15, 0.2) is 36.4 Å². The second-order valence-corrected chi connectivity index (χ2v) is 8.82. The van der Waals surface area contributed by atoms with Crippen molar-refractivity contribution in [2.75, 3.05) is 13.7 Å². The summed E-state index contributed by atoms with van der Waals surface area (Å²) in [7, 11) is 1.78. The van der Waals surface area contributed by atoms with Crippen LogP contribution in [0.1, 0.15) is 47.8 Å². The molecule has 0 bridgehead atoms. The summed E-state index contributed by atoms with van der Waals surface area (Å²) in [6.45, 7) is 12.8. The molecular weight excluding hydrogens is 380 g/mol. The predicted octanol–water partition coefficient (Wildman–Crippen LogP) is 7.08. The van der Waals surface area contributed by atoms with E-state index in [-0.39, 0.29) is 0 Å². The highest BCUT2D eigenvalue weighted by Gasteiger charge is 2.18. The lowest BCUT2D eigenvalue weighted by atomic mass is 9.92. The molecule has 2 aromatic carbocycles. The van der Waals surface area contributed by atoms with Crippen molar-refractivity contribution in [3.63, 3.8) is 0 Å². The minimum Gasteiger partial charge on any atom is -0.385 e. The Bertz CT molecular complexity index is 1230. The number of aromatic nitrogens is 2. The first-order valence-electron chi connectivity index (χ1n) is 11.4. The molecule has 0 amide bonds. The fourth-order valence-electron chi connectivity index (χ4n) is 5.14. The van der Waals surface area contributed by atoms with Crippen molar-refractivity contribution >= 4 is 21.8 Å². The Labute approximate surface area is 186 Å². The third-order valence-electron chi connectivity index (χ3n) is 6.33. The summed E-state index contributed by atoms with van der Waals surface area (Å²) in [6, 6.07) is 13.6. The summed E-state index contributed by atoms with van der Waals surface area (Å²) in [6.07, 6.45) is 3.23. The van der Waals surface area contributed by atoms with Crippen LogP contribution in [0.5, 0.6) is 0 Å². The molecule has 0 saturated carbocycles. The molecule has 4 rings (SSSR count). The lowest BCUT2D eigenvalue weighted by Crippen LogP contribution is -2.06. The number of nitrogens with zero attached hydrogens (tertiary/aromatic N) is 2. The van der Waals surface area contributed by atoms with Crippen molar-refractivity contribution in [3.05, 3.63) is 64.5 Å². The highest BCUT2D eigenvalue weighted by molar-refractivity contribution is 6.10. The lowest BCUT2D eigenvalue weighted by molar-refractivity contribution is 0.190. The Hall–Kier alpha value is -2.65. The standard InChI is InChI=1S/C28H34N2O/c1-7-10-22-17-25-21(5)29-27-23(26-19(3)15-18(2)16-20(26)4)11-8-12-24(27)28(25)30(22)13-9-14-31-6/h8,11-12,15-17H,7,9-10,13-14H2,1-6H3. The molecule has 0 atom stereocenters. The molecule has 0 radical (unpaired) electrons. The van der Waals surface area contributed by atoms with E-state index >= 15 is 0 Å². The van der Waals surface area contributed by atoms with E-state index in [0.717, 1.165) is 43.6 Å². The Morgan fingerprint density at radius 1 is 0.968 bits per heavy atom. The van der Waals surface area contributed by atoms with E-state index in [1.165, 1.54) is 49.8 Å². The van der Waals surface area contributed by atoms with Gasteiger partial charge in [-0.2, -0.15) is 0 Å². The fraction of sp³-hybridized carbons (Fsp3) is 0.393. The summed E-state index contributed by atoms with van der Waals surface area (Å²) < 4.78 is 7.87. The smallest absolute Gasteiger partial charge is 0.0805 e. The Morgan fingerprint density at radius 2 is 1.71 bits per heavy atom. The first kappa shape index (κ1) is 21.6. The van der Waals surface area contributed by atoms with E-state index in [0.29, 0.717) is 0 Å². The molecule has 31 heavy (non-hydrogen) atoms. The second kappa shape index (κ2) is 8.84. The van der Waals surface area contributed by atoms with Gasteiger partial charge >= 0.3 is 0 Å². The molecule has 0 spiro atoms. The number of pyridine rings is 1. The van der Waals surface area contributed by atoms with E-state index in [1.807, 2.05) is 0 Å². The van der Waals surface area contributed by atoms with Crippen LogP contribution in [-0.2, 0) is 17.7 Å². The Balaban J connectivity index is 2.04. The maximum Gasteiger partial charge on any atom is 0.0805 e. The number of benzene rings is 2. The number of para-hydroxylation sites is 1. The summed E-state index contributed by atoms with van der Waals surface area (Å²) in [5, 5.41) is 2.53. The number of ether oxygens (including phenoxy) is 1. The summed E-state index contributed by atoms with van der Waals surface area (Å²) in [5.74, 6) is 0. The number of methoxy groups -OCH3 is 1. The molecule has 0 N–H and O–H groups in total. The largest absolute Gasteiger partial charge is 0.385 e. The molecule has 0 unspecified atom stereocenters. The van der Waals surface area contributed by atoms with Crippen LogP contribution in [-0.4, -0.2) is 23.3 Å². The average molecular weight is 415 g/mol. The van der Waals surface area contributed by atoms with Crippen LogP contribution in [0.2, 0.25) is 0 Å². The SMILES string of the molecule is CCCc1cc2c(C)nc3c(-c4c(C)cc(C)cc4C)cccc3c2n1CCCOC. The van der Waals surface area contributed by atoms with Gasteiger partial charge in [0, 0.05) is 48.0 Å². The maximum atomic E-state index is 5.35. The van der Waals surface area contributed by atoms with Crippen LogP contribution in [0, 0.1) is 27.7 Å². The van der Waals surface area contributed by atoms with Gasteiger partial charge in [-0.25, -0.2) is 0 Å². The van der Waals surface area contributed by atoms with E-state index in [9.17, 15) is 0 Å². The van der Waals surface area contributed by atoms with Gasteiger partial charge in [-0.1, -0.05) is 49.2 Å². The fourth-order valence-corrected chi connectivity index (χ4v) is 5.14. The van der Waals surface area contributed by atoms with Gasteiger partial charge in [0.1, 0.15) is 0 Å². The van der Waals surface area contributed by atoms with Gasteiger partial charge in [-0.05, 0) is 63.3 Å². The first-order valence-corrected chi connectivity index (χ1v) is 11.4. The molecule has 3 heteroatoms. The highest BCUT2D eigenvalue weighted by Crippen LogP contribution is 2.37. The quantitative estimate of drug-likeness (QED) is 0.302. The molecule has 3 nitrogen and oxygen atoms in total. The van der Waals surface area contributed by atoms with Gasteiger partial charge in [0.15, 0.2) is 0 Å². The molecule has 4 aromatic rings. The van der Waals surface area contributed by atoms with Crippen LogP contribution in [0.3, 0.4) is 0 Å². The highest BCUT2D eigenvalue weighted by atomic mass is 16.5. The molecule has 0 saturated heterocycles. The monoisotopic (exact) mass is 414 g/mol. The molecule has 0 aliphatic carbocycles. The molecule has 2 heterocycles. The topological polar surface area (TPSA) is 27.1 Å². The predicted molar refractivity (Wildman–Crippen MR) is 132 cm³/mol. The number of aryl methyl sites for hydroxylation is 6. The normalized spacial score (nSPS) is 11.7. The van der Waals surface area contributed by atoms with Crippen molar-refractivity contribution in [2.24, 2.45) is 0 Å². The second-order valence-electron chi connectivity index (χ2n) is 8.82. The van der Waals surface area contributed by atoms with Crippen molar-refractivity contribution < 1.29 is 4.74 Å². The number of rotatable bonds is 7. The third kappa shape index (κ3) is 3.87. The number of hydrogen-bond acceptors (Lipinski definition) is 2. The van der Waals surface area contributed by atoms with Gasteiger partial charge < -0.3 is 9.30 Å². The zero-order valence-corrected chi connectivity index (χ0v) is 19.8. The van der Waals surface area contributed by atoms with E-state index in [2.05, 4.69) is 75.6 Å². The van der Waals surface area contributed by atoms with Crippen LogP contribution in [0.4, 0.5) is 0 Å². The zero-order valence-electron chi connectivity index (χ0n) is 19.8. The van der Waals surface area contributed by atoms with E-state index < -0.39 is 0 Å². The lowest BCUT2D eigenvalue weighted by Gasteiger charge is -2.16. The van der Waals surface area contributed by atoms with Gasteiger partial charge in [0.05, 0.1) is 11.0 Å². The Kier molecular flexibility index (Phi) is 6.15. The molecule has 2 aromatic heterocycles. The first-order chi connectivity index (χ1) is 15.0. The van der Waals surface area contributed by atoms with Crippen molar-refractivity contribution in [3.8, 4) is 11.1 Å². The molecular formula is C28H34N2O. The minimum absolute atomic E-state index is 0.778. The van der Waals surface area contributed by atoms with Crippen molar-refractivity contribution in [1.82, 2.24) is 9.55 Å². The molecule has 0 aliphatic heterocycles. The molecule has 0 aliphatic rings.